The summed E-state index contributed by atoms with van der Waals surface area (Å²) < 4.78 is 33.3. The molecule has 7 nitrogen and oxygen atoms in total. The van der Waals surface area contributed by atoms with E-state index in [2.05, 4.69) is 10.3 Å². The van der Waals surface area contributed by atoms with Gasteiger partial charge < -0.3 is 15.8 Å². The van der Waals surface area contributed by atoms with Crippen molar-refractivity contribution in [2.45, 2.75) is 50.7 Å². The van der Waals surface area contributed by atoms with Gasteiger partial charge in [-0.25, -0.2) is 13.4 Å². The maximum absolute atomic E-state index is 13.1. The highest BCUT2D eigenvalue weighted by Gasteiger charge is 2.27. The molecule has 0 atom stereocenters. The lowest BCUT2D eigenvalue weighted by molar-refractivity contribution is 0.242. The van der Waals surface area contributed by atoms with Gasteiger partial charge in [0.05, 0.1) is 17.5 Å². The number of rotatable bonds is 7. The van der Waals surface area contributed by atoms with Gasteiger partial charge in [0.2, 0.25) is 10.0 Å². The summed E-state index contributed by atoms with van der Waals surface area (Å²) in [6.45, 7) is 5.26. The molecule has 0 spiro atoms. The van der Waals surface area contributed by atoms with Crippen LogP contribution in [0.3, 0.4) is 0 Å². The molecule has 162 valence electrons. The predicted molar refractivity (Wildman–Crippen MR) is 120 cm³/mol. The second-order valence-corrected chi connectivity index (χ2v) is 9.50. The Morgan fingerprint density at radius 1 is 1.10 bits per heavy atom. The summed E-state index contributed by atoms with van der Waals surface area (Å²) in [7, 11) is -3.53. The maximum Gasteiger partial charge on any atom is 0.243 e. The summed E-state index contributed by atoms with van der Waals surface area (Å²) in [5, 5.41) is 3.03. The summed E-state index contributed by atoms with van der Waals surface area (Å²) in [5.74, 6) is 1.00. The quantitative estimate of drug-likeness (QED) is 0.517. The van der Waals surface area contributed by atoms with Crippen molar-refractivity contribution < 1.29 is 13.2 Å². The van der Waals surface area contributed by atoms with Crippen LogP contribution >= 0.6 is 0 Å². The minimum Gasteiger partial charge on any atom is -0.491 e. The molecule has 0 unspecified atom stereocenters. The lowest BCUT2D eigenvalue weighted by Gasteiger charge is -2.26. The fourth-order valence-electron chi connectivity index (χ4n) is 3.38. The molecule has 30 heavy (non-hydrogen) atoms. The van der Waals surface area contributed by atoms with E-state index in [-0.39, 0.29) is 18.6 Å². The number of nitrogens with two attached hydrogens (primary N) is 1. The van der Waals surface area contributed by atoms with E-state index in [1.807, 2.05) is 44.2 Å². The Bertz CT molecular complexity index is 966. The summed E-state index contributed by atoms with van der Waals surface area (Å²) in [6.07, 6.45) is 2.98. The van der Waals surface area contributed by atoms with E-state index in [4.69, 9.17) is 10.5 Å². The topological polar surface area (TPSA) is 97.0 Å². The number of hydrogen-bond donors (Lipinski definition) is 2. The van der Waals surface area contributed by atoms with E-state index < -0.39 is 10.0 Å². The van der Waals surface area contributed by atoms with E-state index in [1.54, 1.807) is 22.5 Å². The Labute approximate surface area is 179 Å². The Hall–Kier alpha value is -2.58. The Morgan fingerprint density at radius 2 is 1.77 bits per heavy atom. The molecule has 0 radical (unpaired) electrons. The van der Waals surface area contributed by atoms with Crippen molar-refractivity contribution in [2.24, 2.45) is 10.7 Å². The van der Waals surface area contributed by atoms with Gasteiger partial charge in [-0.1, -0.05) is 24.6 Å². The SMILES string of the molecule is CC(C)Oc1ccc(NC(N)=NCc2ccccc2S(=O)(=O)N2CCCCC2)cc1. The molecule has 1 fully saturated rings. The molecule has 8 heteroatoms. The average Bonchev–Trinajstić information content (AvgIpc) is 2.74. The fraction of sp³-hybridized carbons (Fsp3) is 0.409. The summed E-state index contributed by atoms with van der Waals surface area (Å²) in [4.78, 5) is 4.65. The molecule has 3 rings (SSSR count). The van der Waals surface area contributed by atoms with Crippen LogP contribution in [-0.2, 0) is 16.6 Å². The highest BCUT2D eigenvalue weighted by molar-refractivity contribution is 7.89. The number of anilines is 1. The first kappa shape index (κ1) is 22.1. The van der Waals surface area contributed by atoms with Crippen LogP contribution in [0.4, 0.5) is 5.69 Å². The smallest absolute Gasteiger partial charge is 0.243 e. The number of hydrogen-bond acceptors (Lipinski definition) is 4. The van der Waals surface area contributed by atoms with E-state index >= 15 is 0 Å². The van der Waals surface area contributed by atoms with Crippen LogP contribution in [0.1, 0.15) is 38.7 Å². The number of benzene rings is 2. The van der Waals surface area contributed by atoms with Gasteiger partial charge in [0.1, 0.15) is 5.75 Å². The second kappa shape index (κ2) is 9.95. The molecule has 0 saturated carbocycles. The Kier molecular flexibility index (Phi) is 7.33. The van der Waals surface area contributed by atoms with Crippen LogP contribution in [0.25, 0.3) is 0 Å². The number of sulfonamides is 1. The molecule has 1 aliphatic rings. The van der Waals surface area contributed by atoms with Crippen molar-refractivity contribution in [3.63, 3.8) is 0 Å². The molecule has 0 amide bonds. The first-order chi connectivity index (χ1) is 14.4. The molecule has 1 heterocycles. The first-order valence-electron chi connectivity index (χ1n) is 10.3. The molecule has 0 bridgehead atoms. The van der Waals surface area contributed by atoms with Crippen LogP contribution in [-0.4, -0.2) is 37.9 Å². The Morgan fingerprint density at radius 3 is 2.43 bits per heavy atom. The summed E-state index contributed by atoms with van der Waals surface area (Å²) in [6, 6.07) is 14.4. The molecule has 1 saturated heterocycles. The lowest BCUT2D eigenvalue weighted by atomic mass is 10.2. The van der Waals surface area contributed by atoms with Crippen LogP contribution in [0.15, 0.2) is 58.4 Å². The number of aliphatic imine (C=N–C) groups is 1. The average molecular weight is 431 g/mol. The van der Waals surface area contributed by atoms with E-state index in [0.29, 0.717) is 23.5 Å². The summed E-state index contributed by atoms with van der Waals surface area (Å²) >= 11 is 0. The fourth-order valence-corrected chi connectivity index (χ4v) is 5.11. The van der Waals surface area contributed by atoms with Gasteiger partial charge in [0.25, 0.3) is 0 Å². The monoisotopic (exact) mass is 430 g/mol. The molecule has 0 aliphatic carbocycles. The number of piperidine rings is 1. The third-order valence-electron chi connectivity index (χ3n) is 4.82. The van der Waals surface area contributed by atoms with Gasteiger partial charge in [0, 0.05) is 18.8 Å². The van der Waals surface area contributed by atoms with E-state index in [1.165, 1.54) is 0 Å². The van der Waals surface area contributed by atoms with Crippen molar-refractivity contribution in [1.29, 1.82) is 0 Å². The van der Waals surface area contributed by atoms with E-state index in [0.717, 1.165) is 30.7 Å². The molecular weight excluding hydrogens is 400 g/mol. The first-order valence-corrected chi connectivity index (χ1v) is 11.7. The van der Waals surface area contributed by atoms with Crippen LogP contribution in [0.2, 0.25) is 0 Å². The van der Waals surface area contributed by atoms with Gasteiger partial charge in [-0.2, -0.15) is 4.31 Å². The van der Waals surface area contributed by atoms with Crippen LogP contribution in [0.5, 0.6) is 5.75 Å². The van der Waals surface area contributed by atoms with Crippen molar-refractivity contribution >= 4 is 21.7 Å². The number of nitrogens with one attached hydrogen (secondary N) is 1. The van der Waals surface area contributed by atoms with Crippen molar-refractivity contribution in [1.82, 2.24) is 4.31 Å². The zero-order chi connectivity index (χ0) is 21.6. The van der Waals surface area contributed by atoms with Crippen molar-refractivity contribution in [3.8, 4) is 5.75 Å². The number of nitrogens with zero attached hydrogens (tertiary/aromatic N) is 2. The minimum absolute atomic E-state index is 0.108. The standard InChI is InChI=1S/C22H30N4O3S/c1-17(2)29-20-12-10-19(11-13-20)25-22(23)24-16-18-8-4-5-9-21(18)30(27,28)26-14-6-3-7-15-26/h4-5,8-13,17H,3,6-7,14-16H2,1-2H3,(H3,23,24,25). The number of guanidine groups is 1. The van der Waals surface area contributed by atoms with Crippen molar-refractivity contribution in [2.75, 3.05) is 18.4 Å². The zero-order valence-electron chi connectivity index (χ0n) is 17.5. The molecular formula is C22H30N4O3S. The zero-order valence-corrected chi connectivity index (χ0v) is 18.4. The highest BCUT2D eigenvalue weighted by Crippen LogP contribution is 2.24. The normalized spacial score (nSPS) is 15.9. The predicted octanol–water partition coefficient (Wildman–Crippen LogP) is 3.58. The van der Waals surface area contributed by atoms with Gasteiger partial charge in [-0.3, -0.25) is 0 Å². The molecule has 1 aliphatic heterocycles. The van der Waals surface area contributed by atoms with E-state index in [9.17, 15) is 8.42 Å². The third kappa shape index (κ3) is 5.73. The van der Waals surface area contributed by atoms with Gasteiger partial charge in [-0.15, -0.1) is 0 Å². The van der Waals surface area contributed by atoms with Crippen LogP contribution < -0.4 is 15.8 Å². The molecule has 3 N–H and O–H groups in total. The molecule has 0 aromatic heterocycles. The second-order valence-electron chi connectivity index (χ2n) is 7.59. The maximum atomic E-state index is 13.1. The van der Waals surface area contributed by atoms with Gasteiger partial charge in [-0.05, 0) is 62.6 Å². The third-order valence-corrected chi connectivity index (χ3v) is 6.82. The van der Waals surface area contributed by atoms with Crippen LogP contribution in [0, 0.1) is 0 Å². The van der Waals surface area contributed by atoms with Gasteiger partial charge in [0.15, 0.2) is 5.96 Å². The lowest BCUT2D eigenvalue weighted by Crippen LogP contribution is -2.36. The van der Waals surface area contributed by atoms with Gasteiger partial charge >= 0.3 is 0 Å². The molecule has 2 aromatic carbocycles. The minimum atomic E-state index is -3.53. The molecule has 2 aromatic rings. The Balaban J connectivity index is 1.70. The van der Waals surface area contributed by atoms with Crippen molar-refractivity contribution in [3.05, 3.63) is 54.1 Å². The summed E-state index contributed by atoms with van der Waals surface area (Å²) in [5.41, 5.74) is 7.43. The number of ether oxygens (including phenoxy) is 1. The highest BCUT2D eigenvalue weighted by atomic mass is 32.2. The largest absolute Gasteiger partial charge is 0.491 e.